The molecule has 0 saturated heterocycles. The quantitative estimate of drug-likeness (QED) is 0.435. The van der Waals surface area contributed by atoms with E-state index in [1.165, 1.54) is 24.3 Å². The molecule has 2 N–H and O–H groups in total. The first-order valence-corrected chi connectivity index (χ1v) is 12.7. The molecule has 0 bridgehead atoms. The van der Waals surface area contributed by atoms with Crippen LogP contribution in [0.5, 0.6) is 0 Å². The van der Waals surface area contributed by atoms with Crippen molar-refractivity contribution in [2.75, 3.05) is 0 Å². The van der Waals surface area contributed by atoms with E-state index in [4.69, 9.17) is 15.5 Å². The number of imidazole rings is 1. The maximum atomic E-state index is 12.9. The minimum atomic E-state index is -3.79. The van der Waals surface area contributed by atoms with Crippen molar-refractivity contribution >= 4 is 32.1 Å². The molecule has 4 aromatic rings. The van der Waals surface area contributed by atoms with E-state index in [9.17, 15) is 8.42 Å². The second-order valence-corrected chi connectivity index (χ2v) is 10.4. The average Bonchev–Trinajstić information content (AvgIpc) is 3.48. The molecule has 5 rings (SSSR count). The summed E-state index contributed by atoms with van der Waals surface area (Å²) in [5.74, 6) is 1.04. The summed E-state index contributed by atoms with van der Waals surface area (Å²) >= 11 is 0. The van der Waals surface area contributed by atoms with Crippen LogP contribution in [0, 0.1) is 28.6 Å². The van der Waals surface area contributed by atoms with Gasteiger partial charge in [-0.3, -0.25) is 0 Å². The molecule has 1 fully saturated rings. The summed E-state index contributed by atoms with van der Waals surface area (Å²) in [6, 6.07) is 12.2. The fraction of sp³-hybridized carbons (Fsp3) is 0.333. The maximum Gasteiger partial charge on any atom is 0.240 e. The van der Waals surface area contributed by atoms with E-state index >= 15 is 0 Å². The lowest BCUT2D eigenvalue weighted by atomic mass is 9.84. The van der Waals surface area contributed by atoms with Crippen LogP contribution in [0.2, 0.25) is 0 Å². The first-order valence-electron chi connectivity index (χ1n) is 11.2. The van der Waals surface area contributed by atoms with E-state index < -0.39 is 10.0 Å². The van der Waals surface area contributed by atoms with Gasteiger partial charge in [0.25, 0.3) is 0 Å². The highest BCUT2D eigenvalue weighted by molar-refractivity contribution is 7.89. The Balaban J connectivity index is 1.50. The zero-order chi connectivity index (χ0) is 23.7. The van der Waals surface area contributed by atoms with E-state index in [0.29, 0.717) is 23.7 Å². The van der Waals surface area contributed by atoms with Gasteiger partial charge in [-0.2, -0.15) is 10.5 Å². The Morgan fingerprint density at radius 2 is 1.88 bits per heavy atom. The number of H-pyrrole nitrogens is 1. The molecule has 0 spiro atoms. The molecule has 0 amide bonds. The van der Waals surface area contributed by atoms with E-state index in [2.05, 4.69) is 25.3 Å². The Morgan fingerprint density at radius 3 is 2.59 bits per heavy atom. The van der Waals surface area contributed by atoms with Crippen LogP contribution in [0.1, 0.15) is 49.5 Å². The highest BCUT2D eigenvalue weighted by Crippen LogP contribution is 2.37. The van der Waals surface area contributed by atoms with Crippen LogP contribution in [0.15, 0.2) is 47.6 Å². The van der Waals surface area contributed by atoms with Crippen LogP contribution >= 0.6 is 0 Å². The fourth-order valence-electron chi connectivity index (χ4n) is 4.85. The molecule has 172 valence electrons. The minimum Gasteiger partial charge on any atom is -0.346 e. The van der Waals surface area contributed by atoms with Crippen molar-refractivity contribution in [2.24, 2.45) is 5.92 Å². The van der Waals surface area contributed by atoms with Crippen molar-refractivity contribution in [1.29, 1.82) is 10.5 Å². The number of pyridine rings is 1. The Labute approximate surface area is 197 Å². The summed E-state index contributed by atoms with van der Waals surface area (Å²) < 4.78 is 30.7. The van der Waals surface area contributed by atoms with E-state index in [1.54, 1.807) is 6.20 Å². The first kappa shape index (κ1) is 22.1. The third kappa shape index (κ3) is 4.03. The molecule has 0 atom stereocenters. The van der Waals surface area contributed by atoms with Gasteiger partial charge in [0.1, 0.15) is 17.0 Å². The molecule has 9 nitrogen and oxygen atoms in total. The SMILES string of the molecule is N#CCC1CCC(n2c(CNS(=O)(=O)c3ccc(C#N)cc3)nc3cnc4[nH]ccc4c32)CC1. The molecule has 0 aliphatic heterocycles. The van der Waals surface area contributed by atoms with Crippen molar-refractivity contribution < 1.29 is 8.42 Å². The Morgan fingerprint density at radius 1 is 1.12 bits per heavy atom. The van der Waals surface area contributed by atoms with E-state index in [0.717, 1.165) is 47.8 Å². The van der Waals surface area contributed by atoms with Crippen molar-refractivity contribution in [3.8, 4) is 12.1 Å². The lowest BCUT2D eigenvalue weighted by molar-refractivity contribution is 0.277. The second-order valence-electron chi connectivity index (χ2n) is 8.63. The van der Waals surface area contributed by atoms with Crippen molar-refractivity contribution in [3.63, 3.8) is 0 Å². The summed E-state index contributed by atoms with van der Waals surface area (Å²) in [5, 5.41) is 19.0. The third-order valence-corrected chi connectivity index (χ3v) is 8.00. The van der Waals surface area contributed by atoms with Gasteiger partial charge in [0.15, 0.2) is 0 Å². The summed E-state index contributed by atoms with van der Waals surface area (Å²) in [6.45, 7) is 0.0288. The van der Waals surface area contributed by atoms with Gasteiger partial charge >= 0.3 is 0 Å². The summed E-state index contributed by atoms with van der Waals surface area (Å²) in [4.78, 5) is 12.4. The van der Waals surface area contributed by atoms with Crippen LogP contribution < -0.4 is 4.72 Å². The lowest BCUT2D eigenvalue weighted by Crippen LogP contribution is -2.27. The number of hydrogen-bond acceptors (Lipinski definition) is 6. The largest absolute Gasteiger partial charge is 0.346 e. The topological polar surface area (TPSA) is 140 Å². The molecule has 10 heteroatoms. The number of benzene rings is 1. The average molecular weight is 474 g/mol. The zero-order valence-electron chi connectivity index (χ0n) is 18.4. The third-order valence-electron chi connectivity index (χ3n) is 6.58. The van der Waals surface area contributed by atoms with Gasteiger partial charge in [-0.25, -0.2) is 23.1 Å². The number of aromatic amines is 1. The van der Waals surface area contributed by atoms with Crippen molar-refractivity contribution in [3.05, 3.63) is 54.1 Å². The molecule has 34 heavy (non-hydrogen) atoms. The van der Waals surface area contributed by atoms with Crippen LogP contribution in [-0.4, -0.2) is 27.9 Å². The number of hydrogen-bond donors (Lipinski definition) is 2. The van der Waals surface area contributed by atoms with Crippen molar-refractivity contribution in [2.45, 2.75) is 49.6 Å². The molecular weight excluding hydrogens is 450 g/mol. The molecule has 1 saturated carbocycles. The molecule has 0 radical (unpaired) electrons. The lowest BCUT2D eigenvalue weighted by Gasteiger charge is -2.30. The number of nitriles is 2. The highest BCUT2D eigenvalue weighted by Gasteiger charge is 2.27. The molecule has 1 aliphatic rings. The van der Waals surface area contributed by atoms with Gasteiger partial charge < -0.3 is 9.55 Å². The highest BCUT2D eigenvalue weighted by atomic mass is 32.2. The number of rotatable bonds is 6. The van der Waals surface area contributed by atoms with Crippen molar-refractivity contribution in [1.82, 2.24) is 24.2 Å². The predicted molar refractivity (Wildman–Crippen MR) is 126 cm³/mol. The number of aromatic nitrogens is 4. The molecular formula is C24H23N7O2S. The van der Waals surface area contributed by atoms with E-state index in [1.807, 2.05) is 18.3 Å². The van der Waals surface area contributed by atoms with Gasteiger partial charge in [0.2, 0.25) is 10.0 Å². The summed E-state index contributed by atoms with van der Waals surface area (Å²) in [7, 11) is -3.79. The predicted octanol–water partition coefficient (Wildman–Crippen LogP) is 3.91. The monoisotopic (exact) mass is 473 g/mol. The second kappa shape index (κ2) is 8.90. The summed E-state index contributed by atoms with van der Waals surface area (Å²) in [5.41, 5.74) is 2.83. The van der Waals surface area contributed by atoms with Crippen LogP contribution in [0.4, 0.5) is 0 Å². The van der Waals surface area contributed by atoms with E-state index in [-0.39, 0.29) is 17.5 Å². The zero-order valence-corrected chi connectivity index (χ0v) is 19.2. The molecule has 3 aromatic heterocycles. The van der Waals surface area contributed by atoms with Gasteiger partial charge in [0, 0.05) is 24.0 Å². The number of nitrogens with one attached hydrogen (secondary N) is 2. The minimum absolute atomic E-state index is 0.0288. The smallest absolute Gasteiger partial charge is 0.240 e. The standard InChI is InChI=1S/C24H23N7O2S/c25-11-9-16-1-5-18(6-2-16)31-22(30-21-14-28-24-20(23(21)31)10-12-27-24)15-29-34(32,33)19-7-3-17(13-26)4-8-19/h3-4,7-8,10,12,14,16,18,29H,1-2,5-6,9,15H2,(H,27,28). The van der Waals surface area contributed by atoms with Crippen LogP contribution in [0.25, 0.3) is 22.1 Å². The maximum absolute atomic E-state index is 12.9. The van der Waals surface area contributed by atoms with Gasteiger partial charge in [0.05, 0.1) is 40.9 Å². The fourth-order valence-corrected chi connectivity index (χ4v) is 5.83. The van der Waals surface area contributed by atoms with Crippen LogP contribution in [0.3, 0.4) is 0 Å². The Bertz CT molecular complexity index is 1530. The Hall–Kier alpha value is -3.73. The normalized spacial score (nSPS) is 18.6. The molecule has 1 aromatic carbocycles. The molecule has 0 unspecified atom stereocenters. The molecule has 3 heterocycles. The van der Waals surface area contributed by atoms with Gasteiger partial charge in [-0.15, -0.1) is 0 Å². The number of sulfonamides is 1. The Kier molecular flexibility index (Phi) is 5.78. The van der Waals surface area contributed by atoms with Gasteiger partial charge in [-0.1, -0.05) is 0 Å². The van der Waals surface area contributed by atoms with Gasteiger partial charge in [-0.05, 0) is 61.9 Å². The van der Waals surface area contributed by atoms with Crippen LogP contribution in [-0.2, 0) is 16.6 Å². The molecule has 1 aliphatic carbocycles. The number of nitrogens with zero attached hydrogens (tertiary/aromatic N) is 5. The first-order chi connectivity index (χ1) is 16.5. The summed E-state index contributed by atoms with van der Waals surface area (Å²) in [6.07, 6.45) is 7.84. The number of fused-ring (bicyclic) bond motifs is 3.